The monoisotopic (exact) mass is 208 g/mol. The van der Waals surface area contributed by atoms with Crippen LogP contribution in [0.5, 0.6) is 0 Å². The van der Waals surface area contributed by atoms with E-state index in [9.17, 15) is 0 Å². The van der Waals surface area contributed by atoms with E-state index in [1.165, 1.54) is 19.3 Å². The van der Waals surface area contributed by atoms with Crippen LogP contribution in [0.3, 0.4) is 0 Å². The number of unbranched alkanes of at least 4 members (excludes halogenated alkanes) is 1. The summed E-state index contributed by atoms with van der Waals surface area (Å²) in [6.45, 7) is 5.44. The Kier molecular flexibility index (Phi) is 4.87. The summed E-state index contributed by atoms with van der Waals surface area (Å²) in [5.74, 6) is 1.92. The quantitative estimate of drug-likeness (QED) is 0.704. The third kappa shape index (κ3) is 5.20. The van der Waals surface area contributed by atoms with E-state index in [-0.39, 0.29) is 0 Å². The summed E-state index contributed by atoms with van der Waals surface area (Å²) in [7, 11) is 0. The summed E-state index contributed by atoms with van der Waals surface area (Å²) in [4.78, 5) is 7.90. The summed E-state index contributed by atoms with van der Waals surface area (Å²) >= 11 is 0. The van der Waals surface area contributed by atoms with Crippen LogP contribution < -0.4 is 11.1 Å². The van der Waals surface area contributed by atoms with Crippen LogP contribution in [0.2, 0.25) is 0 Å². The number of rotatable bonds is 6. The molecule has 0 unspecified atom stereocenters. The van der Waals surface area contributed by atoms with Crippen molar-refractivity contribution in [2.45, 2.75) is 33.1 Å². The molecule has 0 atom stereocenters. The highest BCUT2D eigenvalue weighted by Gasteiger charge is 1.96. The minimum absolute atomic E-state index is 0.321. The number of aromatic nitrogens is 2. The summed E-state index contributed by atoms with van der Waals surface area (Å²) < 4.78 is 0. The Hall–Kier alpha value is -1.32. The van der Waals surface area contributed by atoms with Gasteiger partial charge in [-0.25, -0.2) is 4.98 Å². The predicted octanol–water partition coefficient (Wildman–Crippen LogP) is 2.30. The van der Waals surface area contributed by atoms with E-state index in [0.29, 0.717) is 5.95 Å². The Morgan fingerprint density at radius 1 is 1.40 bits per heavy atom. The van der Waals surface area contributed by atoms with Crippen molar-refractivity contribution < 1.29 is 0 Å². The lowest BCUT2D eigenvalue weighted by molar-refractivity contribution is 0.544. The molecular formula is C11H20N4. The highest BCUT2D eigenvalue weighted by molar-refractivity contribution is 5.36. The van der Waals surface area contributed by atoms with Gasteiger partial charge in [-0.05, 0) is 18.4 Å². The maximum atomic E-state index is 5.47. The average Bonchev–Trinajstić information content (AvgIpc) is 2.17. The fourth-order valence-electron chi connectivity index (χ4n) is 1.37. The molecule has 0 aliphatic heterocycles. The van der Waals surface area contributed by atoms with Gasteiger partial charge in [0.2, 0.25) is 5.95 Å². The van der Waals surface area contributed by atoms with Crippen molar-refractivity contribution in [3.63, 3.8) is 0 Å². The maximum Gasteiger partial charge on any atom is 0.221 e. The Bertz CT molecular complexity index is 286. The summed E-state index contributed by atoms with van der Waals surface area (Å²) in [6, 6.07) is 1.83. The number of hydrogen-bond donors (Lipinski definition) is 2. The molecule has 84 valence electrons. The first-order chi connectivity index (χ1) is 7.18. The fourth-order valence-corrected chi connectivity index (χ4v) is 1.37. The SMILES string of the molecule is CC(C)CCCCNc1ccnc(N)n1. The van der Waals surface area contributed by atoms with Crippen molar-refractivity contribution in [3.8, 4) is 0 Å². The molecule has 0 spiro atoms. The molecule has 4 nitrogen and oxygen atoms in total. The standard InChI is InChI=1S/C11H20N4/c1-9(2)5-3-4-7-13-10-6-8-14-11(12)15-10/h6,8-9H,3-5,7H2,1-2H3,(H3,12,13,14,15). The van der Waals surface area contributed by atoms with Gasteiger partial charge in [-0.3, -0.25) is 0 Å². The molecular weight excluding hydrogens is 188 g/mol. The lowest BCUT2D eigenvalue weighted by atomic mass is 10.1. The zero-order chi connectivity index (χ0) is 11.1. The molecule has 1 heterocycles. The van der Waals surface area contributed by atoms with Crippen molar-refractivity contribution in [1.82, 2.24) is 9.97 Å². The van der Waals surface area contributed by atoms with E-state index in [0.717, 1.165) is 18.3 Å². The van der Waals surface area contributed by atoms with Crippen LogP contribution in [0.25, 0.3) is 0 Å². The van der Waals surface area contributed by atoms with Gasteiger partial charge >= 0.3 is 0 Å². The molecule has 4 heteroatoms. The van der Waals surface area contributed by atoms with E-state index in [1.54, 1.807) is 6.20 Å². The van der Waals surface area contributed by atoms with E-state index in [1.807, 2.05) is 6.07 Å². The predicted molar refractivity (Wildman–Crippen MR) is 63.6 cm³/mol. The molecule has 0 radical (unpaired) electrons. The van der Waals surface area contributed by atoms with Crippen LogP contribution in [-0.2, 0) is 0 Å². The minimum Gasteiger partial charge on any atom is -0.370 e. The number of hydrogen-bond acceptors (Lipinski definition) is 4. The first-order valence-electron chi connectivity index (χ1n) is 5.51. The van der Waals surface area contributed by atoms with Crippen LogP contribution in [0.1, 0.15) is 33.1 Å². The molecule has 1 rings (SSSR count). The minimum atomic E-state index is 0.321. The molecule has 3 N–H and O–H groups in total. The van der Waals surface area contributed by atoms with Gasteiger partial charge in [0.1, 0.15) is 5.82 Å². The normalized spacial score (nSPS) is 10.6. The molecule has 15 heavy (non-hydrogen) atoms. The topological polar surface area (TPSA) is 63.8 Å². The average molecular weight is 208 g/mol. The zero-order valence-corrected chi connectivity index (χ0v) is 9.53. The Morgan fingerprint density at radius 2 is 2.20 bits per heavy atom. The van der Waals surface area contributed by atoms with Crippen LogP contribution in [0.4, 0.5) is 11.8 Å². The summed E-state index contributed by atoms with van der Waals surface area (Å²) in [5, 5.41) is 3.23. The van der Waals surface area contributed by atoms with Crippen molar-refractivity contribution in [2.24, 2.45) is 5.92 Å². The van der Waals surface area contributed by atoms with Crippen molar-refractivity contribution in [1.29, 1.82) is 0 Å². The van der Waals surface area contributed by atoms with Gasteiger partial charge in [-0.15, -0.1) is 0 Å². The molecule has 1 aromatic rings. The van der Waals surface area contributed by atoms with Crippen LogP contribution >= 0.6 is 0 Å². The largest absolute Gasteiger partial charge is 0.370 e. The van der Waals surface area contributed by atoms with Crippen molar-refractivity contribution in [2.75, 3.05) is 17.6 Å². The second-order valence-corrected chi connectivity index (χ2v) is 4.12. The Labute approximate surface area is 91.3 Å². The molecule has 0 aliphatic rings. The molecule has 0 saturated heterocycles. The van der Waals surface area contributed by atoms with Gasteiger partial charge in [0.25, 0.3) is 0 Å². The van der Waals surface area contributed by atoms with Crippen molar-refractivity contribution >= 4 is 11.8 Å². The molecule has 0 saturated carbocycles. The maximum absolute atomic E-state index is 5.47. The smallest absolute Gasteiger partial charge is 0.221 e. The molecule has 0 aliphatic carbocycles. The van der Waals surface area contributed by atoms with E-state index >= 15 is 0 Å². The van der Waals surface area contributed by atoms with Gasteiger partial charge in [0, 0.05) is 12.7 Å². The lowest BCUT2D eigenvalue weighted by Crippen LogP contribution is -2.05. The van der Waals surface area contributed by atoms with Gasteiger partial charge in [-0.1, -0.05) is 26.7 Å². The number of anilines is 2. The number of nitrogens with zero attached hydrogens (tertiary/aromatic N) is 2. The molecule has 0 bridgehead atoms. The zero-order valence-electron chi connectivity index (χ0n) is 9.53. The number of nitrogen functional groups attached to an aromatic ring is 1. The molecule has 0 aromatic carbocycles. The molecule has 0 amide bonds. The Balaban J connectivity index is 2.15. The summed E-state index contributed by atoms with van der Waals surface area (Å²) in [6.07, 6.45) is 5.37. The highest BCUT2D eigenvalue weighted by Crippen LogP contribution is 2.07. The number of nitrogens with two attached hydrogens (primary N) is 1. The van der Waals surface area contributed by atoms with Gasteiger partial charge < -0.3 is 11.1 Å². The van der Waals surface area contributed by atoms with E-state index in [4.69, 9.17) is 5.73 Å². The van der Waals surface area contributed by atoms with Crippen LogP contribution in [0.15, 0.2) is 12.3 Å². The van der Waals surface area contributed by atoms with Crippen molar-refractivity contribution in [3.05, 3.63) is 12.3 Å². The third-order valence-electron chi connectivity index (χ3n) is 2.19. The number of nitrogens with one attached hydrogen (secondary N) is 1. The van der Waals surface area contributed by atoms with Crippen LogP contribution in [-0.4, -0.2) is 16.5 Å². The van der Waals surface area contributed by atoms with E-state index < -0.39 is 0 Å². The van der Waals surface area contributed by atoms with Crippen LogP contribution in [0, 0.1) is 5.92 Å². The first-order valence-corrected chi connectivity index (χ1v) is 5.51. The third-order valence-corrected chi connectivity index (χ3v) is 2.19. The molecule has 0 fully saturated rings. The summed E-state index contributed by atoms with van der Waals surface area (Å²) in [5.41, 5.74) is 5.47. The lowest BCUT2D eigenvalue weighted by Gasteiger charge is -2.06. The Morgan fingerprint density at radius 3 is 2.87 bits per heavy atom. The fraction of sp³-hybridized carbons (Fsp3) is 0.636. The first kappa shape index (κ1) is 11.8. The molecule has 1 aromatic heterocycles. The van der Waals surface area contributed by atoms with E-state index in [2.05, 4.69) is 29.1 Å². The second kappa shape index (κ2) is 6.22. The highest BCUT2D eigenvalue weighted by atomic mass is 15.1. The van der Waals surface area contributed by atoms with Gasteiger partial charge in [0.05, 0.1) is 0 Å². The second-order valence-electron chi connectivity index (χ2n) is 4.12. The van der Waals surface area contributed by atoms with Gasteiger partial charge in [0.15, 0.2) is 0 Å². The van der Waals surface area contributed by atoms with Gasteiger partial charge in [-0.2, -0.15) is 4.98 Å².